The molecule has 0 atom stereocenters. The summed E-state index contributed by atoms with van der Waals surface area (Å²) in [4.78, 5) is 0.397. The smallest absolute Gasteiger partial charge is 0.106 e. The fourth-order valence-corrected chi connectivity index (χ4v) is 2.06. The summed E-state index contributed by atoms with van der Waals surface area (Å²) >= 11 is 11.0. The maximum Gasteiger partial charge on any atom is 0.106 e. The van der Waals surface area contributed by atoms with Crippen LogP contribution in [0.2, 0.25) is 5.02 Å². The summed E-state index contributed by atoms with van der Waals surface area (Å²) in [5.74, 6) is 0.660. The Bertz CT molecular complexity index is 389. The molecule has 0 bridgehead atoms. The maximum absolute atomic E-state index is 5.98. The van der Waals surface area contributed by atoms with Gasteiger partial charge in [0.25, 0.3) is 0 Å². The van der Waals surface area contributed by atoms with E-state index in [1.54, 1.807) is 6.07 Å². The molecule has 0 heterocycles. The first-order chi connectivity index (χ1) is 8.08. The predicted octanol–water partition coefficient (Wildman–Crippen LogP) is 3.82. The Labute approximate surface area is 114 Å². The van der Waals surface area contributed by atoms with Crippen molar-refractivity contribution in [2.24, 2.45) is 11.7 Å². The largest absolute Gasteiger partial charge is 0.389 e. The van der Waals surface area contributed by atoms with Crippen molar-refractivity contribution in [2.45, 2.75) is 26.7 Å². The molecule has 3 N–H and O–H groups in total. The van der Waals surface area contributed by atoms with Gasteiger partial charge in [-0.05, 0) is 24.1 Å². The standard InChI is InChI=1S/C13H19ClN2S/c1-3-9(4-2)8-16-12-7-10(14)5-6-11(12)13(15)17/h5-7,9,16H,3-4,8H2,1-2H3,(H2,15,17). The molecule has 0 radical (unpaired) electrons. The third-order valence-corrected chi connectivity index (χ3v) is 3.44. The predicted molar refractivity (Wildman–Crippen MR) is 79.9 cm³/mol. The van der Waals surface area contributed by atoms with Crippen molar-refractivity contribution in [3.05, 3.63) is 28.8 Å². The second-order valence-electron chi connectivity index (χ2n) is 4.12. The van der Waals surface area contributed by atoms with Crippen molar-refractivity contribution < 1.29 is 0 Å². The van der Waals surface area contributed by atoms with Gasteiger partial charge in [-0.1, -0.05) is 50.5 Å². The highest BCUT2D eigenvalue weighted by Gasteiger charge is 2.08. The molecule has 0 aliphatic heterocycles. The minimum Gasteiger partial charge on any atom is -0.389 e. The lowest BCUT2D eigenvalue weighted by molar-refractivity contribution is 0.519. The normalized spacial score (nSPS) is 10.6. The van der Waals surface area contributed by atoms with Crippen molar-refractivity contribution in [3.8, 4) is 0 Å². The van der Waals surface area contributed by atoms with Crippen LogP contribution in [0, 0.1) is 5.92 Å². The van der Waals surface area contributed by atoms with Crippen LogP contribution >= 0.6 is 23.8 Å². The molecule has 0 saturated heterocycles. The van der Waals surface area contributed by atoms with Crippen molar-refractivity contribution in [3.63, 3.8) is 0 Å². The zero-order chi connectivity index (χ0) is 12.8. The number of thiocarbonyl (C=S) groups is 1. The van der Waals surface area contributed by atoms with Crippen LogP contribution in [0.4, 0.5) is 5.69 Å². The Morgan fingerprint density at radius 2 is 2.06 bits per heavy atom. The molecule has 0 unspecified atom stereocenters. The summed E-state index contributed by atoms with van der Waals surface area (Å²) in [6, 6.07) is 5.54. The Balaban J connectivity index is 2.81. The molecule has 17 heavy (non-hydrogen) atoms. The van der Waals surface area contributed by atoms with E-state index in [9.17, 15) is 0 Å². The third-order valence-electron chi connectivity index (χ3n) is 2.98. The first-order valence-electron chi connectivity index (χ1n) is 5.91. The number of nitrogens with one attached hydrogen (secondary N) is 1. The maximum atomic E-state index is 5.98. The topological polar surface area (TPSA) is 38.0 Å². The number of hydrogen-bond donors (Lipinski definition) is 2. The van der Waals surface area contributed by atoms with Crippen LogP contribution < -0.4 is 11.1 Å². The van der Waals surface area contributed by atoms with Crippen LogP contribution in [-0.4, -0.2) is 11.5 Å². The molecule has 0 spiro atoms. The molecule has 0 aliphatic rings. The highest BCUT2D eigenvalue weighted by Crippen LogP contribution is 2.22. The van der Waals surface area contributed by atoms with Crippen molar-refractivity contribution in [1.82, 2.24) is 0 Å². The van der Waals surface area contributed by atoms with E-state index in [1.165, 1.54) is 0 Å². The number of anilines is 1. The van der Waals surface area contributed by atoms with E-state index < -0.39 is 0 Å². The minimum atomic E-state index is 0.397. The van der Waals surface area contributed by atoms with E-state index in [0.717, 1.165) is 30.6 Å². The van der Waals surface area contributed by atoms with E-state index >= 15 is 0 Å². The van der Waals surface area contributed by atoms with Gasteiger partial charge in [-0.3, -0.25) is 0 Å². The van der Waals surface area contributed by atoms with Crippen LogP contribution in [0.15, 0.2) is 18.2 Å². The van der Waals surface area contributed by atoms with E-state index in [1.807, 2.05) is 12.1 Å². The van der Waals surface area contributed by atoms with E-state index in [2.05, 4.69) is 19.2 Å². The molecular weight excluding hydrogens is 252 g/mol. The molecule has 0 saturated carbocycles. The Kier molecular flexibility index (Phi) is 5.72. The number of hydrogen-bond acceptors (Lipinski definition) is 2. The highest BCUT2D eigenvalue weighted by molar-refractivity contribution is 7.80. The van der Waals surface area contributed by atoms with Gasteiger partial charge in [-0.25, -0.2) is 0 Å². The lowest BCUT2D eigenvalue weighted by Gasteiger charge is -2.16. The third kappa shape index (κ3) is 4.17. The summed E-state index contributed by atoms with van der Waals surface area (Å²) in [7, 11) is 0. The molecule has 1 aromatic carbocycles. The second kappa shape index (κ2) is 6.82. The highest BCUT2D eigenvalue weighted by atomic mass is 35.5. The zero-order valence-electron chi connectivity index (χ0n) is 10.3. The van der Waals surface area contributed by atoms with Gasteiger partial charge < -0.3 is 11.1 Å². The second-order valence-corrected chi connectivity index (χ2v) is 4.99. The van der Waals surface area contributed by atoms with E-state index in [0.29, 0.717) is 15.9 Å². The van der Waals surface area contributed by atoms with Crippen molar-refractivity contribution in [2.75, 3.05) is 11.9 Å². The lowest BCUT2D eigenvalue weighted by atomic mass is 10.0. The summed E-state index contributed by atoms with van der Waals surface area (Å²) in [6.07, 6.45) is 2.32. The average molecular weight is 271 g/mol. The summed E-state index contributed by atoms with van der Waals surface area (Å²) in [6.45, 7) is 5.31. The van der Waals surface area contributed by atoms with Crippen molar-refractivity contribution >= 4 is 34.5 Å². The van der Waals surface area contributed by atoms with Gasteiger partial charge in [0.2, 0.25) is 0 Å². The SMILES string of the molecule is CCC(CC)CNc1cc(Cl)ccc1C(N)=S. The molecule has 1 aromatic rings. The molecule has 0 fully saturated rings. The van der Waals surface area contributed by atoms with Crippen LogP contribution in [0.3, 0.4) is 0 Å². The Morgan fingerprint density at radius 3 is 2.59 bits per heavy atom. The van der Waals surface area contributed by atoms with Gasteiger partial charge in [0.1, 0.15) is 4.99 Å². The van der Waals surface area contributed by atoms with Crippen LogP contribution in [0.1, 0.15) is 32.3 Å². The van der Waals surface area contributed by atoms with Crippen LogP contribution in [0.5, 0.6) is 0 Å². The quantitative estimate of drug-likeness (QED) is 0.772. The zero-order valence-corrected chi connectivity index (χ0v) is 11.9. The van der Waals surface area contributed by atoms with E-state index in [4.69, 9.17) is 29.6 Å². The van der Waals surface area contributed by atoms with Gasteiger partial charge in [0.05, 0.1) is 0 Å². The molecule has 0 aromatic heterocycles. The number of benzene rings is 1. The lowest BCUT2D eigenvalue weighted by Crippen LogP contribution is -2.17. The summed E-state index contributed by atoms with van der Waals surface area (Å²) in [5.41, 5.74) is 7.47. The van der Waals surface area contributed by atoms with Gasteiger partial charge in [0, 0.05) is 22.8 Å². The Hall–Kier alpha value is -0.800. The first-order valence-corrected chi connectivity index (χ1v) is 6.70. The average Bonchev–Trinajstić information content (AvgIpc) is 2.30. The molecule has 1 rings (SSSR count). The molecule has 0 amide bonds. The number of rotatable bonds is 6. The van der Waals surface area contributed by atoms with Crippen LogP contribution in [-0.2, 0) is 0 Å². The van der Waals surface area contributed by atoms with Crippen LogP contribution in [0.25, 0.3) is 0 Å². The van der Waals surface area contributed by atoms with Gasteiger partial charge in [-0.15, -0.1) is 0 Å². The first kappa shape index (κ1) is 14.3. The molecule has 4 heteroatoms. The number of nitrogens with two attached hydrogens (primary N) is 1. The van der Waals surface area contributed by atoms with Crippen molar-refractivity contribution in [1.29, 1.82) is 0 Å². The Morgan fingerprint density at radius 1 is 1.41 bits per heavy atom. The molecule has 2 nitrogen and oxygen atoms in total. The monoisotopic (exact) mass is 270 g/mol. The summed E-state index contributed by atoms with van der Waals surface area (Å²) in [5, 5.41) is 4.08. The van der Waals surface area contributed by atoms with Gasteiger partial charge in [0.15, 0.2) is 0 Å². The fraction of sp³-hybridized carbons (Fsp3) is 0.462. The molecule has 94 valence electrons. The summed E-state index contributed by atoms with van der Waals surface area (Å²) < 4.78 is 0. The minimum absolute atomic E-state index is 0.397. The fourth-order valence-electron chi connectivity index (χ4n) is 1.71. The molecular formula is C13H19ClN2S. The molecule has 0 aliphatic carbocycles. The van der Waals surface area contributed by atoms with E-state index in [-0.39, 0.29) is 0 Å². The number of halogens is 1. The van der Waals surface area contributed by atoms with Gasteiger partial charge >= 0.3 is 0 Å². The van der Waals surface area contributed by atoms with Gasteiger partial charge in [-0.2, -0.15) is 0 Å².